The average molecular weight is 268 g/mol. The number of aliphatic carboxylic acids is 1. The molecule has 1 aliphatic rings. The van der Waals surface area contributed by atoms with Gasteiger partial charge < -0.3 is 9.84 Å². The number of rotatable bonds is 4. The summed E-state index contributed by atoms with van der Waals surface area (Å²) in [7, 11) is 1.64. The van der Waals surface area contributed by atoms with Gasteiger partial charge in [0, 0.05) is 0 Å². The fourth-order valence-electron chi connectivity index (χ4n) is 2.52. The summed E-state index contributed by atoms with van der Waals surface area (Å²) < 4.78 is 5.14. The Labute approximate surface area is 117 Å². The topological polar surface area (TPSA) is 46.5 Å². The highest BCUT2D eigenvalue weighted by Gasteiger charge is 2.51. The van der Waals surface area contributed by atoms with Gasteiger partial charge in [-0.2, -0.15) is 0 Å². The minimum atomic E-state index is -0.713. The van der Waals surface area contributed by atoms with E-state index in [9.17, 15) is 9.90 Å². The third-order valence-corrected chi connectivity index (χ3v) is 4.02. The number of hydrogen-bond donors (Lipinski definition) is 1. The van der Waals surface area contributed by atoms with E-state index in [1.165, 1.54) is 0 Å². The molecule has 0 amide bonds. The first-order valence-electron chi connectivity index (χ1n) is 6.64. The van der Waals surface area contributed by atoms with E-state index in [2.05, 4.69) is 0 Å². The van der Waals surface area contributed by atoms with Crippen LogP contribution in [0.3, 0.4) is 0 Å². The number of ether oxygens (including phenoxy) is 1. The molecule has 0 unspecified atom stereocenters. The van der Waals surface area contributed by atoms with Gasteiger partial charge in [-0.1, -0.05) is 36.4 Å². The van der Waals surface area contributed by atoms with Gasteiger partial charge in [0.2, 0.25) is 0 Å². The van der Waals surface area contributed by atoms with E-state index in [-0.39, 0.29) is 0 Å². The number of methoxy groups -OCH3 is 1. The van der Waals surface area contributed by atoms with Gasteiger partial charge in [0.05, 0.1) is 12.5 Å². The maximum absolute atomic E-state index is 11.3. The van der Waals surface area contributed by atoms with E-state index in [0.717, 1.165) is 35.3 Å². The summed E-state index contributed by atoms with van der Waals surface area (Å²) in [5, 5.41) is 9.29. The zero-order valence-corrected chi connectivity index (χ0v) is 11.3. The Morgan fingerprint density at radius 3 is 1.90 bits per heavy atom. The summed E-state index contributed by atoms with van der Waals surface area (Å²) in [4.78, 5) is 11.3. The van der Waals surface area contributed by atoms with Crippen LogP contribution in [0.2, 0.25) is 0 Å². The molecule has 0 heterocycles. The molecule has 0 atom stereocenters. The van der Waals surface area contributed by atoms with Crippen LogP contribution in [0.1, 0.15) is 18.4 Å². The molecule has 1 N–H and O–H groups in total. The number of carbonyl (C=O) groups is 1. The smallest absolute Gasteiger partial charge is 0.314 e. The van der Waals surface area contributed by atoms with Crippen LogP contribution in [0.15, 0.2) is 48.5 Å². The first kappa shape index (κ1) is 12.7. The van der Waals surface area contributed by atoms with E-state index in [1.807, 2.05) is 48.5 Å². The third kappa shape index (κ3) is 2.05. The highest BCUT2D eigenvalue weighted by molar-refractivity contribution is 5.85. The molecule has 1 saturated carbocycles. The summed E-state index contributed by atoms with van der Waals surface area (Å²) >= 11 is 0. The van der Waals surface area contributed by atoms with Crippen LogP contribution in [0, 0.1) is 0 Å². The van der Waals surface area contributed by atoms with Crippen LogP contribution >= 0.6 is 0 Å². The quantitative estimate of drug-likeness (QED) is 0.923. The largest absolute Gasteiger partial charge is 0.497 e. The lowest BCUT2D eigenvalue weighted by Crippen LogP contribution is -2.19. The number of carboxylic acids is 1. The molecule has 0 spiro atoms. The molecule has 0 aromatic heterocycles. The first-order chi connectivity index (χ1) is 9.65. The number of carboxylic acid groups (broad SMARTS) is 1. The Morgan fingerprint density at radius 2 is 1.50 bits per heavy atom. The van der Waals surface area contributed by atoms with Crippen molar-refractivity contribution in [2.45, 2.75) is 18.3 Å². The van der Waals surface area contributed by atoms with Crippen molar-refractivity contribution in [1.82, 2.24) is 0 Å². The van der Waals surface area contributed by atoms with Crippen molar-refractivity contribution in [2.75, 3.05) is 7.11 Å². The average Bonchev–Trinajstić information content (AvgIpc) is 3.29. The maximum Gasteiger partial charge on any atom is 0.314 e. The van der Waals surface area contributed by atoms with Crippen LogP contribution in [-0.2, 0) is 10.2 Å². The van der Waals surface area contributed by atoms with Gasteiger partial charge in [-0.3, -0.25) is 4.79 Å². The van der Waals surface area contributed by atoms with Gasteiger partial charge in [-0.05, 0) is 41.7 Å². The monoisotopic (exact) mass is 268 g/mol. The molecule has 0 aliphatic heterocycles. The Morgan fingerprint density at radius 1 is 1.00 bits per heavy atom. The molecule has 3 rings (SSSR count). The normalized spacial score (nSPS) is 15.7. The predicted molar refractivity (Wildman–Crippen MR) is 77.0 cm³/mol. The van der Waals surface area contributed by atoms with Crippen LogP contribution in [-0.4, -0.2) is 18.2 Å². The van der Waals surface area contributed by atoms with E-state index in [0.29, 0.717) is 0 Å². The molecule has 20 heavy (non-hydrogen) atoms. The summed E-state index contributed by atoms with van der Waals surface area (Å²) in [5.74, 6) is 0.114. The predicted octanol–water partition coefficient (Wildman–Crippen LogP) is 3.48. The van der Waals surface area contributed by atoms with Crippen molar-refractivity contribution in [3.05, 3.63) is 54.1 Å². The lowest BCUT2D eigenvalue weighted by Gasteiger charge is -2.11. The zero-order valence-electron chi connectivity index (χ0n) is 11.3. The van der Waals surface area contributed by atoms with Gasteiger partial charge >= 0.3 is 5.97 Å². The minimum absolute atomic E-state index is 0.627. The molecular weight excluding hydrogens is 252 g/mol. The van der Waals surface area contributed by atoms with Crippen molar-refractivity contribution in [2.24, 2.45) is 0 Å². The standard InChI is InChI=1S/C17H16O3/c1-20-15-8-4-13(5-9-15)12-2-6-14(7-3-12)17(10-11-17)16(18)19/h2-9H,10-11H2,1H3,(H,18,19). The Balaban J connectivity index is 1.87. The maximum atomic E-state index is 11.3. The van der Waals surface area contributed by atoms with E-state index in [1.54, 1.807) is 7.11 Å². The van der Waals surface area contributed by atoms with Crippen molar-refractivity contribution in [3.63, 3.8) is 0 Å². The molecule has 2 aromatic carbocycles. The molecule has 0 saturated heterocycles. The molecule has 102 valence electrons. The lowest BCUT2D eigenvalue weighted by atomic mass is 9.94. The molecule has 1 fully saturated rings. The molecule has 2 aromatic rings. The van der Waals surface area contributed by atoms with Crippen molar-refractivity contribution < 1.29 is 14.6 Å². The third-order valence-electron chi connectivity index (χ3n) is 4.02. The van der Waals surface area contributed by atoms with Crippen molar-refractivity contribution >= 4 is 5.97 Å². The summed E-state index contributed by atoms with van der Waals surface area (Å²) in [6, 6.07) is 15.7. The lowest BCUT2D eigenvalue weighted by molar-refractivity contribution is -0.140. The molecule has 0 bridgehead atoms. The van der Waals surface area contributed by atoms with Crippen LogP contribution in [0.4, 0.5) is 0 Å². The fourth-order valence-corrected chi connectivity index (χ4v) is 2.52. The summed E-state index contributed by atoms with van der Waals surface area (Å²) in [6.45, 7) is 0. The molecule has 1 aliphatic carbocycles. The molecule has 3 heteroatoms. The first-order valence-corrected chi connectivity index (χ1v) is 6.64. The van der Waals surface area contributed by atoms with Gasteiger partial charge in [-0.25, -0.2) is 0 Å². The zero-order chi connectivity index (χ0) is 14.2. The van der Waals surface area contributed by atoms with E-state index >= 15 is 0 Å². The number of benzene rings is 2. The summed E-state index contributed by atoms with van der Waals surface area (Å²) in [5.41, 5.74) is 2.45. The minimum Gasteiger partial charge on any atom is -0.497 e. The van der Waals surface area contributed by atoms with Gasteiger partial charge in [0.1, 0.15) is 5.75 Å². The van der Waals surface area contributed by atoms with Gasteiger partial charge in [-0.15, -0.1) is 0 Å². The second kappa shape index (κ2) is 4.67. The fraction of sp³-hybridized carbons (Fsp3) is 0.235. The van der Waals surface area contributed by atoms with Crippen molar-refractivity contribution in [3.8, 4) is 16.9 Å². The van der Waals surface area contributed by atoms with E-state index < -0.39 is 11.4 Å². The van der Waals surface area contributed by atoms with Crippen LogP contribution in [0.5, 0.6) is 5.75 Å². The van der Waals surface area contributed by atoms with Crippen molar-refractivity contribution in [1.29, 1.82) is 0 Å². The van der Waals surface area contributed by atoms with Crippen LogP contribution in [0.25, 0.3) is 11.1 Å². The van der Waals surface area contributed by atoms with Gasteiger partial charge in [0.15, 0.2) is 0 Å². The number of hydrogen-bond acceptors (Lipinski definition) is 2. The molecular formula is C17H16O3. The summed E-state index contributed by atoms with van der Waals surface area (Å²) in [6.07, 6.45) is 1.48. The highest BCUT2D eigenvalue weighted by atomic mass is 16.5. The molecule has 3 nitrogen and oxygen atoms in total. The van der Waals surface area contributed by atoms with E-state index in [4.69, 9.17) is 4.74 Å². The highest BCUT2D eigenvalue weighted by Crippen LogP contribution is 2.48. The Kier molecular flexibility index (Phi) is 2.97. The van der Waals surface area contributed by atoms with Crippen LogP contribution < -0.4 is 4.74 Å². The Bertz CT molecular complexity index is 622. The SMILES string of the molecule is COc1ccc(-c2ccc(C3(C(=O)O)CC3)cc2)cc1. The van der Waals surface area contributed by atoms with Gasteiger partial charge in [0.25, 0.3) is 0 Å². The second-order valence-corrected chi connectivity index (χ2v) is 5.19. The second-order valence-electron chi connectivity index (χ2n) is 5.19. The molecule has 0 radical (unpaired) electrons. The Hall–Kier alpha value is -2.29.